The number of imidazole rings is 1. The number of anilines is 1. The Labute approximate surface area is 166 Å². The minimum Gasteiger partial charge on any atom is -0.382 e. The van der Waals surface area contributed by atoms with Gasteiger partial charge in [-0.2, -0.15) is 0 Å². The van der Waals surface area contributed by atoms with E-state index in [4.69, 9.17) is 20.2 Å². The maximum absolute atomic E-state index is 6.13. The molecule has 0 aliphatic carbocycles. The molecule has 3 aromatic rings. The molecular weight excluding hydrogens is 352 g/mol. The summed E-state index contributed by atoms with van der Waals surface area (Å²) in [6, 6.07) is 10.5. The molecule has 2 aromatic heterocycles. The summed E-state index contributed by atoms with van der Waals surface area (Å²) in [5, 5.41) is 0. The number of nitrogen functional groups attached to an aromatic ring is 1. The second kappa shape index (κ2) is 9.66. The van der Waals surface area contributed by atoms with Crippen molar-refractivity contribution in [1.82, 2.24) is 14.5 Å². The number of benzene rings is 1. The van der Waals surface area contributed by atoms with Gasteiger partial charge in [-0.1, -0.05) is 30.3 Å². The summed E-state index contributed by atoms with van der Waals surface area (Å²) >= 11 is 0. The molecule has 0 unspecified atom stereocenters. The zero-order valence-corrected chi connectivity index (χ0v) is 17.1. The van der Waals surface area contributed by atoms with Gasteiger partial charge in [0.2, 0.25) is 0 Å². The van der Waals surface area contributed by atoms with Crippen molar-refractivity contribution in [3.8, 4) is 0 Å². The highest BCUT2D eigenvalue weighted by atomic mass is 16.5. The Bertz CT molecular complexity index is 906. The molecule has 0 amide bonds. The van der Waals surface area contributed by atoms with Gasteiger partial charge in [0.25, 0.3) is 0 Å². The monoisotopic (exact) mass is 382 g/mol. The van der Waals surface area contributed by atoms with Gasteiger partial charge in [-0.3, -0.25) is 0 Å². The molecule has 150 valence electrons. The minimum atomic E-state index is 0.455. The Hall–Kier alpha value is -2.44. The molecule has 6 heteroatoms. The first-order valence-electron chi connectivity index (χ1n) is 9.93. The van der Waals surface area contributed by atoms with Crippen LogP contribution in [0.2, 0.25) is 0 Å². The van der Waals surface area contributed by atoms with E-state index in [1.165, 1.54) is 5.56 Å². The van der Waals surface area contributed by atoms with Crippen LogP contribution in [0.5, 0.6) is 0 Å². The smallest absolute Gasteiger partial charge is 0.151 e. The summed E-state index contributed by atoms with van der Waals surface area (Å²) in [7, 11) is 0. The number of hydrogen-bond donors (Lipinski definition) is 1. The topological polar surface area (TPSA) is 75.2 Å². The van der Waals surface area contributed by atoms with Crippen LogP contribution in [0.1, 0.15) is 36.0 Å². The Kier molecular flexibility index (Phi) is 7.01. The predicted molar refractivity (Wildman–Crippen MR) is 112 cm³/mol. The van der Waals surface area contributed by atoms with Gasteiger partial charge in [0, 0.05) is 25.5 Å². The van der Waals surface area contributed by atoms with Crippen molar-refractivity contribution in [2.45, 2.75) is 46.8 Å². The van der Waals surface area contributed by atoms with Crippen molar-refractivity contribution in [2.75, 3.05) is 25.6 Å². The molecule has 0 radical (unpaired) electrons. The SMILES string of the molecule is CCOCc1nc2c(N)nc(C)c(C)c2n1CCOCCCc1ccccc1. The van der Waals surface area contributed by atoms with Gasteiger partial charge in [0.05, 0.1) is 12.1 Å². The van der Waals surface area contributed by atoms with Crippen LogP contribution in [0.15, 0.2) is 30.3 Å². The summed E-state index contributed by atoms with van der Waals surface area (Å²) in [6.45, 7) is 9.20. The Morgan fingerprint density at radius 3 is 2.57 bits per heavy atom. The molecule has 28 heavy (non-hydrogen) atoms. The number of fused-ring (bicyclic) bond motifs is 1. The predicted octanol–water partition coefficient (Wildman–Crippen LogP) is 3.82. The van der Waals surface area contributed by atoms with Crippen LogP contribution in [0.25, 0.3) is 11.0 Å². The van der Waals surface area contributed by atoms with E-state index >= 15 is 0 Å². The molecule has 3 rings (SSSR count). The van der Waals surface area contributed by atoms with Crippen LogP contribution in [0, 0.1) is 13.8 Å². The Morgan fingerprint density at radius 1 is 1.04 bits per heavy atom. The Balaban J connectivity index is 1.65. The van der Waals surface area contributed by atoms with Crippen molar-refractivity contribution >= 4 is 16.9 Å². The van der Waals surface area contributed by atoms with Gasteiger partial charge >= 0.3 is 0 Å². The normalized spacial score (nSPS) is 11.4. The molecule has 0 saturated carbocycles. The van der Waals surface area contributed by atoms with Gasteiger partial charge in [-0.15, -0.1) is 0 Å². The second-order valence-corrected chi connectivity index (χ2v) is 6.92. The fourth-order valence-electron chi connectivity index (χ4n) is 3.37. The highest BCUT2D eigenvalue weighted by Crippen LogP contribution is 2.26. The van der Waals surface area contributed by atoms with Crippen LogP contribution in [0.4, 0.5) is 5.82 Å². The molecule has 0 aliphatic rings. The van der Waals surface area contributed by atoms with E-state index in [1.54, 1.807) is 0 Å². The first-order valence-corrected chi connectivity index (χ1v) is 9.93. The summed E-state index contributed by atoms with van der Waals surface area (Å²) in [6.07, 6.45) is 2.04. The van der Waals surface area contributed by atoms with Crippen LogP contribution in [-0.4, -0.2) is 34.4 Å². The van der Waals surface area contributed by atoms with Crippen molar-refractivity contribution < 1.29 is 9.47 Å². The summed E-state index contributed by atoms with van der Waals surface area (Å²) in [5.41, 5.74) is 11.3. The van der Waals surface area contributed by atoms with E-state index in [0.29, 0.717) is 32.2 Å². The number of ether oxygens (including phenoxy) is 2. The van der Waals surface area contributed by atoms with Crippen LogP contribution in [-0.2, 0) is 29.0 Å². The van der Waals surface area contributed by atoms with E-state index in [1.807, 2.05) is 19.9 Å². The third-order valence-electron chi connectivity index (χ3n) is 4.97. The molecule has 0 aliphatic heterocycles. The number of nitrogens with zero attached hydrogens (tertiary/aromatic N) is 3. The highest BCUT2D eigenvalue weighted by Gasteiger charge is 2.17. The largest absolute Gasteiger partial charge is 0.382 e. The molecule has 0 saturated heterocycles. The van der Waals surface area contributed by atoms with Crippen LogP contribution in [0.3, 0.4) is 0 Å². The quantitative estimate of drug-likeness (QED) is 0.540. The van der Waals surface area contributed by atoms with Gasteiger partial charge < -0.3 is 19.8 Å². The van der Waals surface area contributed by atoms with E-state index in [-0.39, 0.29) is 0 Å². The van der Waals surface area contributed by atoms with E-state index in [0.717, 1.165) is 47.6 Å². The summed E-state index contributed by atoms with van der Waals surface area (Å²) < 4.78 is 13.7. The molecule has 1 aromatic carbocycles. The summed E-state index contributed by atoms with van der Waals surface area (Å²) in [4.78, 5) is 9.12. The minimum absolute atomic E-state index is 0.455. The molecule has 6 nitrogen and oxygen atoms in total. The van der Waals surface area contributed by atoms with Crippen molar-refractivity contribution in [3.05, 3.63) is 53.0 Å². The van der Waals surface area contributed by atoms with E-state index in [9.17, 15) is 0 Å². The average Bonchev–Trinajstić information content (AvgIpc) is 3.07. The number of aromatic nitrogens is 3. The Morgan fingerprint density at radius 2 is 1.82 bits per heavy atom. The van der Waals surface area contributed by atoms with E-state index in [2.05, 4.69) is 40.7 Å². The number of aryl methyl sites for hydroxylation is 3. The number of nitrogens with two attached hydrogens (primary N) is 1. The standard InChI is InChI=1S/C22H30N4O2/c1-4-27-15-19-25-20-21(16(2)17(3)24-22(20)23)26(19)12-14-28-13-8-11-18-9-6-5-7-10-18/h5-7,9-10H,4,8,11-15H2,1-3H3,(H2,23,24). The lowest BCUT2D eigenvalue weighted by Gasteiger charge is -2.12. The lowest BCUT2D eigenvalue weighted by atomic mass is 10.1. The molecule has 0 bridgehead atoms. The van der Waals surface area contributed by atoms with Crippen molar-refractivity contribution in [2.24, 2.45) is 0 Å². The van der Waals surface area contributed by atoms with Gasteiger partial charge in [-0.25, -0.2) is 9.97 Å². The lowest BCUT2D eigenvalue weighted by molar-refractivity contribution is 0.112. The van der Waals surface area contributed by atoms with Crippen molar-refractivity contribution in [3.63, 3.8) is 0 Å². The molecule has 0 atom stereocenters. The molecule has 0 fully saturated rings. The van der Waals surface area contributed by atoms with Crippen LogP contribution < -0.4 is 5.73 Å². The van der Waals surface area contributed by atoms with Gasteiger partial charge in [0.15, 0.2) is 5.82 Å². The van der Waals surface area contributed by atoms with Gasteiger partial charge in [0.1, 0.15) is 17.9 Å². The average molecular weight is 383 g/mol. The molecule has 2 N–H and O–H groups in total. The molecular formula is C22H30N4O2. The summed E-state index contributed by atoms with van der Waals surface area (Å²) in [5.74, 6) is 1.34. The van der Waals surface area contributed by atoms with E-state index < -0.39 is 0 Å². The number of rotatable bonds is 10. The highest BCUT2D eigenvalue weighted by molar-refractivity contribution is 5.88. The first kappa shape index (κ1) is 20.3. The maximum Gasteiger partial charge on any atom is 0.151 e. The fraction of sp³-hybridized carbons (Fsp3) is 0.455. The third kappa shape index (κ3) is 4.69. The van der Waals surface area contributed by atoms with Gasteiger partial charge in [-0.05, 0) is 44.7 Å². The first-order chi connectivity index (χ1) is 13.6. The third-order valence-corrected chi connectivity index (χ3v) is 4.97. The van der Waals surface area contributed by atoms with Crippen LogP contribution >= 0.6 is 0 Å². The van der Waals surface area contributed by atoms with Crippen molar-refractivity contribution in [1.29, 1.82) is 0 Å². The molecule has 0 spiro atoms. The number of pyridine rings is 1. The zero-order valence-electron chi connectivity index (χ0n) is 17.1. The number of hydrogen-bond acceptors (Lipinski definition) is 5. The maximum atomic E-state index is 6.13. The lowest BCUT2D eigenvalue weighted by Crippen LogP contribution is -2.12. The fourth-order valence-corrected chi connectivity index (χ4v) is 3.37. The molecule has 2 heterocycles. The second-order valence-electron chi connectivity index (χ2n) is 6.92. The zero-order chi connectivity index (χ0) is 19.9.